The molecule has 1 aliphatic heterocycles. The molecule has 0 atom stereocenters. The number of carbonyl (C=O) groups excluding carboxylic acids is 1. The van der Waals surface area contributed by atoms with E-state index in [4.69, 9.17) is 4.74 Å². The van der Waals surface area contributed by atoms with Gasteiger partial charge in [-0.1, -0.05) is 59.9 Å². The number of hydrogen-bond acceptors (Lipinski definition) is 6. The molecular weight excluding hydrogens is 464 g/mol. The largest absolute Gasteiger partial charge is 0.485 e. The molecule has 0 bridgehead atoms. The highest BCUT2D eigenvalue weighted by Crippen LogP contribution is 2.48. The number of fused-ring (bicyclic) bond motifs is 2. The molecule has 1 aliphatic rings. The van der Waals surface area contributed by atoms with Crippen LogP contribution in [0.4, 0.5) is 11.4 Å². The van der Waals surface area contributed by atoms with Gasteiger partial charge < -0.3 is 9.30 Å². The van der Waals surface area contributed by atoms with Crippen LogP contribution in [0.3, 0.4) is 0 Å². The Morgan fingerprint density at radius 3 is 2.32 bits per heavy atom. The lowest BCUT2D eigenvalue weighted by Gasteiger charge is -2.30. The summed E-state index contributed by atoms with van der Waals surface area (Å²) in [7, 11) is 1.90. The molecule has 0 unspecified atom stereocenters. The van der Waals surface area contributed by atoms with Crippen molar-refractivity contribution >= 4 is 40.8 Å². The zero-order chi connectivity index (χ0) is 23.7. The number of carbonyl (C=O) groups is 1. The Bertz CT molecular complexity index is 1320. The zero-order valence-electron chi connectivity index (χ0n) is 19.2. The first kappa shape index (κ1) is 22.6. The summed E-state index contributed by atoms with van der Waals surface area (Å²) in [6.07, 6.45) is 0. The van der Waals surface area contributed by atoms with Gasteiger partial charge in [-0.25, -0.2) is 0 Å². The van der Waals surface area contributed by atoms with E-state index in [0.29, 0.717) is 17.6 Å². The van der Waals surface area contributed by atoms with E-state index in [-0.39, 0.29) is 11.7 Å². The fourth-order valence-corrected chi connectivity index (χ4v) is 5.62. The second-order valence-corrected chi connectivity index (χ2v) is 10.0. The van der Waals surface area contributed by atoms with E-state index in [2.05, 4.69) is 23.2 Å². The number of benzene rings is 3. The molecule has 0 radical (unpaired) electrons. The van der Waals surface area contributed by atoms with Crippen molar-refractivity contribution in [2.24, 2.45) is 7.05 Å². The molecule has 6 nitrogen and oxygen atoms in total. The maximum atomic E-state index is 13.4. The van der Waals surface area contributed by atoms with E-state index >= 15 is 0 Å². The average Bonchev–Trinajstić information content (AvgIpc) is 3.21. The van der Waals surface area contributed by atoms with Gasteiger partial charge in [0.05, 0.1) is 17.1 Å². The van der Waals surface area contributed by atoms with Crippen LogP contribution in [0.15, 0.2) is 81.7 Å². The Balaban J connectivity index is 1.30. The first-order chi connectivity index (χ1) is 16.5. The Morgan fingerprint density at radius 1 is 0.941 bits per heavy atom. The van der Waals surface area contributed by atoms with Crippen LogP contribution in [0.2, 0.25) is 0 Å². The summed E-state index contributed by atoms with van der Waals surface area (Å²) in [5, 5.41) is 9.26. The lowest BCUT2D eigenvalue weighted by molar-refractivity contribution is -0.115. The predicted octanol–water partition coefficient (Wildman–Crippen LogP) is 5.93. The van der Waals surface area contributed by atoms with Gasteiger partial charge in [0.15, 0.2) is 11.0 Å². The highest BCUT2D eigenvalue weighted by atomic mass is 32.2. The summed E-state index contributed by atoms with van der Waals surface area (Å²) in [6.45, 7) is 4.42. The summed E-state index contributed by atoms with van der Waals surface area (Å²) in [5.74, 6) is 1.80. The quantitative estimate of drug-likeness (QED) is 0.313. The molecule has 34 heavy (non-hydrogen) atoms. The van der Waals surface area contributed by atoms with Gasteiger partial charge >= 0.3 is 0 Å². The van der Waals surface area contributed by atoms with Crippen LogP contribution in [0.1, 0.15) is 17.0 Å². The predicted molar refractivity (Wildman–Crippen MR) is 136 cm³/mol. The van der Waals surface area contributed by atoms with Gasteiger partial charge in [0.25, 0.3) is 0 Å². The Morgan fingerprint density at radius 2 is 1.62 bits per heavy atom. The Hall–Kier alpha value is -3.23. The van der Waals surface area contributed by atoms with Gasteiger partial charge in [-0.2, -0.15) is 0 Å². The number of nitrogens with zero attached hydrogens (tertiary/aromatic N) is 4. The lowest BCUT2D eigenvalue weighted by atomic mass is 10.1. The molecule has 5 rings (SSSR count). The highest BCUT2D eigenvalue weighted by molar-refractivity contribution is 8.00. The van der Waals surface area contributed by atoms with E-state index in [9.17, 15) is 4.79 Å². The van der Waals surface area contributed by atoms with Crippen molar-refractivity contribution in [2.75, 3.05) is 10.7 Å². The molecule has 0 fully saturated rings. The monoisotopic (exact) mass is 488 g/mol. The highest BCUT2D eigenvalue weighted by Gasteiger charge is 2.28. The zero-order valence-corrected chi connectivity index (χ0v) is 20.8. The minimum Gasteiger partial charge on any atom is -0.485 e. The molecule has 2 heterocycles. The Labute approximate surface area is 207 Å². The third-order valence-electron chi connectivity index (χ3n) is 5.84. The molecule has 0 N–H and O–H groups in total. The number of aromatic nitrogens is 3. The van der Waals surface area contributed by atoms with E-state index in [1.807, 2.05) is 84.1 Å². The van der Waals surface area contributed by atoms with Crippen LogP contribution >= 0.6 is 23.5 Å². The van der Waals surface area contributed by atoms with Crippen molar-refractivity contribution < 1.29 is 9.53 Å². The first-order valence-electron chi connectivity index (χ1n) is 10.9. The lowest BCUT2D eigenvalue weighted by Crippen LogP contribution is -2.30. The summed E-state index contributed by atoms with van der Waals surface area (Å²) in [6, 6.07) is 22.0. The van der Waals surface area contributed by atoms with Crippen LogP contribution in [0.5, 0.6) is 5.75 Å². The van der Waals surface area contributed by atoms with Crippen molar-refractivity contribution in [2.45, 2.75) is 35.4 Å². The molecule has 8 heteroatoms. The topological polar surface area (TPSA) is 60.3 Å². The van der Waals surface area contributed by atoms with Crippen LogP contribution in [0.25, 0.3) is 0 Å². The maximum absolute atomic E-state index is 13.4. The summed E-state index contributed by atoms with van der Waals surface area (Å²) in [5.41, 5.74) is 4.13. The SMILES string of the molecule is Cc1cccc(OCc2nnc(SCC(=O)N3c4ccccc4Sc4ccccc43)n2C)c1C. The van der Waals surface area contributed by atoms with Crippen LogP contribution in [0, 0.1) is 13.8 Å². The van der Waals surface area contributed by atoms with E-state index < -0.39 is 0 Å². The van der Waals surface area contributed by atoms with Crippen molar-refractivity contribution in [1.29, 1.82) is 0 Å². The van der Waals surface area contributed by atoms with Gasteiger partial charge in [-0.15, -0.1) is 10.2 Å². The molecule has 0 saturated heterocycles. The fourth-order valence-electron chi connectivity index (χ4n) is 3.78. The van der Waals surface area contributed by atoms with Crippen molar-refractivity contribution in [3.05, 3.63) is 83.7 Å². The average molecular weight is 489 g/mol. The molecule has 172 valence electrons. The smallest absolute Gasteiger partial charge is 0.242 e. The number of aryl methyl sites for hydroxylation is 1. The number of hydrogen-bond donors (Lipinski definition) is 0. The second kappa shape index (κ2) is 9.56. The van der Waals surface area contributed by atoms with E-state index in [1.54, 1.807) is 11.8 Å². The molecule has 1 amide bonds. The first-order valence-corrected chi connectivity index (χ1v) is 12.7. The molecular formula is C26H24N4O2S2. The van der Waals surface area contributed by atoms with Gasteiger partial charge in [0, 0.05) is 16.8 Å². The third kappa shape index (κ3) is 4.31. The summed E-state index contributed by atoms with van der Waals surface area (Å²) >= 11 is 3.07. The number of ether oxygens (including phenoxy) is 1. The molecule has 4 aromatic rings. The van der Waals surface area contributed by atoms with Gasteiger partial charge in [-0.3, -0.25) is 9.69 Å². The molecule has 0 aliphatic carbocycles. The van der Waals surface area contributed by atoms with Crippen molar-refractivity contribution in [3.8, 4) is 5.75 Å². The molecule has 1 aromatic heterocycles. The minimum absolute atomic E-state index is 0.00128. The number of thioether (sulfide) groups is 1. The van der Waals surface area contributed by atoms with E-state index in [1.165, 1.54) is 17.3 Å². The van der Waals surface area contributed by atoms with Gasteiger partial charge in [-0.05, 0) is 55.3 Å². The maximum Gasteiger partial charge on any atom is 0.242 e. The van der Waals surface area contributed by atoms with E-state index in [0.717, 1.165) is 32.5 Å². The van der Waals surface area contributed by atoms with Crippen molar-refractivity contribution in [1.82, 2.24) is 14.8 Å². The summed E-state index contributed by atoms with van der Waals surface area (Å²) in [4.78, 5) is 17.4. The van der Waals surface area contributed by atoms with Crippen LogP contribution in [-0.4, -0.2) is 26.4 Å². The molecule has 3 aromatic carbocycles. The van der Waals surface area contributed by atoms with Crippen molar-refractivity contribution in [3.63, 3.8) is 0 Å². The number of amides is 1. The number of rotatable bonds is 6. The van der Waals surface area contributed by atoms with Gasteiger partial charge in [0.1, 0.15) is 12.4 Å². The second-order valence-electron chi connectivity index (χ2n) is 8.00. The van der Waals surface area contributed by atoms with Crippen LogP contribution < -0.4 is 9.64 Å². The minimum atomic E-state index is 0.00128. The van der Waals surface area contributed by atoms with Crippen LogP contribution in [-0.2, 0) is 18.4 Å². The fraction of sp³-hybridized carbons (Fsp3) is 0.192. The number of anilines is 2. The summed E-state index contributed by atoms with van der Waals surface area (Å²) < 4.78 is 7.87. The number of para-hydroxylation sites is 2. The normalized spacial score (nSPS) is 12.3. The van der Waals surface area contributed by atoms with Gasteiger partial charge in [0.2, 0.25) is 5.91 Å². The third-order valence-corrected chi connectivity index (χ3v) is 7.98. The molecule has 0 spiro atoms. The Kier molecular flexibility index (Phi) is 6.34. The molecule has 0 saturated carbocycles. The standard InChI is InChI=1S/C26H24N4O2S2/c1-17-9-8-12-21(18(17)2)32-15-24-27-28-26(29(24)3)33-16-25(31)30-19-10-4-6-13-22(19)34-23-14-7-5-11-20(23)30/h4-14H,15-16H2,1-3H3.